The Kier molecular flexibility index (Phi) is 4.61. The highest BCUT2D eigenvalue weighted by Crippen LogP contribution is 2.30. The lowest BCUT2D eigenvalue weighted by Crippen LogP contribution is -2.43. The molecule has 0 spiro atoms. The van der Waals surface area contributed by atoms with Crippen molar-refractivity contribution >= 4 is 21.8 Å². The molecule has 0 unspecified atom stereocenters. The fourth-order valence-corrected chi connectivity index (χ4v) is 4.75. The van der Waals surface area contributed by atoms with Gasteiger partial charge in [-0.15, -0.1) is 4.40 Å². The molecule has 2 heterocycles. The standard InChI is InChI=1S/C20H17N3O4S/c21-12-14-6-1-3-9-17(14)27-20(24)15-7-5-11-23(13-15)19-16-8-2-4-10-18(16)28(25,26)22-19/h1-4,6,8-10,15H,5,7,11,13H2/t15-/m1/s1. The zero-order valence-electron chi connectivity index (χ0n) is 14.9. The maximum Gasteiger partial charge on any atom is 0.316 e. The summed E-state index contributed by atoms with van der Waals surface area (Å²) in [6.07, 6.45) is 1.34. The van der Waals surface area contributed by atoms with Crippen LogP contribution in [-0.2, 0) is 14.8 Å². The van der Waals surface area contributed by atoms with E-state index in [2.05, 4.69) is 4.40 Å². The summed E-state index contributed by atoms with van der Waals surface area (Å²) in [5, 5.41) is 9.15. The molecule has 1 atom stereocenters. The van der Waals surface area contributed by atoms with Crippen molar-refractivity contribution in [3.05, 3.63) is 59.7 Å². The number of fused-ring (bicyclic) bond motifs is 1. The zero-order chi connectivity index (χ0) is 19.7. The van der Waals surface area contributed by atoms with E-state index in [9.17, 15) is 13.2 Å². The summed E-state index contributed by atoms with van der Waals surface area (Å²) >= 11 is 0. The van der Waals surface area contributed by atoms with E-state index >= 15 is 0 Å². The monoisotopic (exact) mass is 395 g/mol. The van der Waals surface area contributed by atoms with Gasteiger partial charge < -0.3 is 9.64 Å². The normalized spacial score (nSPS) is 20.0. The SMILES string of the molecule is N#Cc1ccccc1OC(=O)[C@@H]1CCCN(C2=NS(=O)(=O)c3ccccc32)C1. The Morgan fingerprint density at radius 2 is 1.93 bits per heavy atom. The molecule has 7 nitrogen and oxygen atoms in total. The third-order valence-corrected chi connectivity index (χ3v) is 6.21. The summed E-state index contributed by atoms with van der Waals surface area (Å²) in [6.45, 7) is 0.928. The summed E-state index contributed by atoms with van der Waals surface area (Å²) in [4.78, 5) is 14.7. The molecule has 1 saturated heterocycles. The molecule has 2 aliphatic rings. The number of amidine groups is 1. The lowest BCUT2D eigenvalue weighted by atomic mass is 9.97. The first-order valence-corrected chi connectivity index (χ1v) is 10.3. The Labute approximate surface area is 162 Å². The summed E-state index contributed by atoms with van der Waals surface area (Å²) in [5.41, 5.74) is 0.857. The van der Waals surface area contributed by atoms with Gasteiger partial charge in [0, 0.05) is 18.7 Å². The highest BCUT2D eigenvalue weighted by Gasteiger charge is 2.35. The number of hydrogen-bond acceptors (Lipinski definition) is 6. The van der Waals surface area contributed by atoms with Gasteiger partial charge in [-0.2, -0.15) is 13.7 Å². The molecular weight excluding hydrogens is 378 g/mol. The van der Waals surface area contributed by atoms with Crippen molar-refractivity contribution in [1.29, 1.82) is 5.26 Å². The zero-order valence-corrected chi connectivity index (χ0v) is 15.7. The largest absolute Gasteiger partial charge is 0.425 e. The fourth-order valence-electron chi connectivity index (χ4n) is 3.52. The van der Waals surface area contributed by atoms with Crippen LogP contribution in [-0.4, -0.2) is 38.2 Å². The van der Waals surface area contributed by atoms with Crippen LogP contribution in [0.5, 0.6) is 5.75 Å². The summed E-state index contributed by atoms with van der Waals surface area (Å²) in [6, 6.07) is 15.3. The van der Waals surface area contributed by atoms with E-state index in [1.165, 1.54) is 6.07 Å². The van der Waals surface area contributed by atoms with Gasteiger partial charge in [-0.3, -0.25) is 4.79 Å². The molecule has 0 aliphatic carbocycles. The molecule has 0 bridgehead atoms. The molecule has 142 valence electrons. The number of ether oxygens (including phenoxy) is 1. The van der Waals surface area contributed by atoms with E-state index in [4.69, 9.17) is 10.00 Å². The van der Waals surface area contributed by atoms with Crippen LogP contribution < -0.4 is 4.74 Å². The van der Waals surface area contributed by atoms with Gasteiger partial charge in [0.05, 0.1) is 11.5 Å². The number of benzene rings is 2. The van der Waals surface area contributed by atoms with E-state index in [-0.39, 0.29) is 10.6 Å². The summed E-state index contributed by atoms with van der Waals surface area (Å²) in [5.74, 6) is -0.246. The molecule has 1 fully saturated rings. The third-order valence-electron chi connectivity index (χ3n) is 4.88. The van der Waals surface area contributed by atoms with Crippen molar-refractivity contribution in [3.63, 3.8) is 0 Å². The van der Waals surface area contributed by atoms with Gasteiger partial charge in [-0.1, -0.05) is 24.3 Å². The molecule has 0 aromatic heterocycles. The van der Waals surface area contributed by atoms with Crippen LogP contribution in [0.15, 0.2) is 57.8 Å². The maximum atomic E-state index is 12.7. The van der Waals surface area contributed by atoms with Gasteiger partial charge in [0.2, 0.25) is 0 Å². The number of hydrogen-bond donors (Lipinski definition) is 0. The van der Waals surface area contributed by atoms with Crippen LogP contribution in [0.3, 0.4) is 0 Å². The molecular formula is C20H17N3O4S. The van der Waals surface area contributed by atoms with Crippen LogP contribution in [0, 0.1) is 17.2 Å². The Balaban J connectivity index is 1.54. The Hall–Kier alpha value is -3.18. The molecule has 2 aliphatic heterocycles. The summed E-state index contributed by atoms with van der Waals surface area (Å²) in [7, 11) is -3.71. The summed E-state index contributed by atoms with van der Waals surface area (Å²) < 4.78 is 34.0. The number of nitriles is 1. The smallest absolute Gasteiger partial charge is 0.316 e. The van der Waals surface area contributed by atoms with Crippen molar-refractivity contribution in [1.82, 2.24) is 4.90 Å². The molecule has 28 heavy (non-hydrogen) atoms. The van der Waals surface area contributed by atoms with Gasteiger partial charge in [-0.05, 0) is 37.1 Å². The molecule has 4 rings (SSSR count). The second kappa shape index (κ2) is 7.09. The Morgan fingerprint density at radius 3 is 2.75 bits per heavy atom. The van der Waals surface area contributed by atoms with Crippen LogP contribution in [0.4, 0.5) is 0 Å². The molecule has 0 saturated carbocycles. The topological polar surface area (TPSA) is 99.8 Å². The minimum absolute atomic E-state index is 0.192. The number of nitrogens with zero attached hydrogens (tertiary/aromatic N) is 3. The number of carbonyl (C=O) groups excluding carboxylic acids is 1. The van der Waals surface area contributed by atoms with Crippen LogP contribution in [0.25, 0.3) is 0 Å². The number of esters is 1. The van der Waals surface area contributed by atoms with Crippen LogP contribution in [0.2, 0.25) is 0 Å². The molecule has 8 heteroatoms. The second-order valence-electron chi connectivity index (χ2n) is 6.70. The Morgan fingerprint density at radius 1 is 1.18 bits per heavy atom. The molecule has 0 amide bonds. The quantitative estimate of drug-likeness (QED) is 0.571. The minimum atomic E-state index is -3.71. The van der Waals surface area contributed by atoms with Crippen molar-refractivity contribution in [2.75, 3.05) is 13.1 Å². The first-order chi connectivity index (χ1) is 13.5. The third kappa shape index (κ3) is 3.25. The van der Waals surface area contributed by atoms with Crippen LogP contribution >= 0.6 is 0 Å². The van der Waals surface area contributed by atoms with E-state index < -0.39 is 21.9 Å². The first kappa shape index (κ1) is 18.2. The van der Waals surface area contributed by atoms with E-state index in [0.29, 0.717) is 42.9 Å². The fraction of sp³-hybridized carbons (Fsp3) is 0.250. The highest BCUT2D eigenvalue weighted by atomic mass is 32.2. The number of sulfonamides is 1. The van der Waals surface area contributed by atoms with E-state index in [1.807, 2.05) is 11.0 Å². The number of carbonyl (C=O) groups is 1. The lowest BCUT2D eigenvalue weighted by molar-refractivity contribution is -0.140. The minimum Gasteiger partial charge on any atom is -0.425 e. The van der Waals surface area contributed by atoms with Crippen molar-refractivity contribution in [3.8, 4) is 11.8 Å². The molecule has 0 N–H and O–H groups in total. The molecule has 0 radical (unpaired) electrons. The van der Waals surface area contributed by atoms with Gasteiger partial charge in [0.1, 0.15) is 16.7 Å². The predicted molar refractivity (Wildman–Crippen MR) is 101 cm³/mol. The molecule has 2 aromatic carbocycles. The predicted octanol–water partition coefficient (Wildman–Crippen LogP) is 2.32. The van der Waals surface area contributed by atoms with Crippen LogP contribution in [0.1, 0.15) is 24.0 Å². The van der Waals surface area contributed by atoms with Crippen molar-refractivity contribution in [2.45, 2.75) is 17.7 Å². The van der Waals surface area contributed by atoms with Gasteiger partial charge in [0.25, 0.3) is 10.0 Å². The average molecular weight is 395 g/mol. The average Bonchev–Trinajstić information content (AvgIpc) is 3.00. The van der Waals surface area contributed by atoms with Gasteiger partial charge in [0.15, 0.2) is 5.84 Å². The van der Waals surface area contributed by atoms with Gasteiger partial charge >= 0.3 is 5.97 Å². The van der Waals surface area contributed by atoms with E-state index in [0.717, 1.165) is 0 Å². The number of likely N-dealkylation sites (tertiary alicyclic amines) is 1. The Bertz CT molecular complexity index is 1120. The highest BCUT2D eigenvalue weighted by molar-refractivity contribution is 7.90. The van der Waals surface area contributed by atoms with Crippen molar-refractivity contribution in [2.24, 2.45) is 10.3 Å². The van der Waals surface area contributed by atoms with Crippen molar-refractivity contribution < 1.29 is 17.9 Å². The van der Waals surface area contributed by atoms with Gasteiger partial charge in [-0.25, -0.2) is 0 Å². The maximum absolute atomic E-state index is 12.7. The molecule has 2 aromatic rings. The number of para-hydroxylation sites is 1. The van der Waals surface area contributed by atoms with E-state index in [1.54, 1.807) is 42.5 Å². The number of rotatable bonds is 2. The number of piperidine rings is 1. The first-order valence-electron chi connectivity index (χ1n) is 8.90. The second-order valence-corrected chi connectivity index (χ2v) is 8.27. The lowest BCUT2D eigenvalue weighted by Gasteiger charge is -2.32.